The van der Waals surface area contributed by atoms with E-state index in [0.717, 1.165) is 0 Å². The van der Waals surface area contributed by atoms with Gasteiger partial charge in [0.05, 0.1) is 13.7 Å². The molecule has 2 nitrogen and oxygen atoms in total. The fourth-order valence-electron chi connectivity index (χ4n) is 1.18. The van der Waals surface area contributed by atoms with Gasteiger partial charge >= 0.3 is 0 Å². The molecule has 0 saturated carbocycles. The monoisotopic (exact) mass is 184 g/mol. The highest BCUT2D eigenvalue weighted by Gasteiger charge is 2.10. The standard InChI is InChI=1S/C10H13FO2/c1-4-13-10-7(2)9(12-3)6-5-8(10)11/h5-6H,4H2,1-3H3. The van der Waals surface area contributed by atoms with Gasteiger partial charge in [-0.3, -0.25) is 0 Å². The lowest BCUT2D eigenvalue weighted by Crippen LogP contribution is -1.99. The van der Waals surface area contributed by atoms with Crippen LogP contribution >= 0.6 is 0 Å². The average molecular weight is 184 g/mol. The first kappa shape index (κ1) is 9.84. The molecule has 1 aromatic carbocycles. The van der Waals surface area contributed by atoms with Crippen LogP contribution in [0.2, 0.25) is 0 Å². The summed E-state index contributed by atoms with van der Waals surface area (Å²) in [4.78, 5) is 0. The lowest BCUT2D eigenvalue weighted by molar-refractivity contribution is 0.314. The van der Waals surface area contributed by atoms with E-state index < -0.39 is 0 Å². The third kappa shape index (κ3) is 1.91. The molecule has 0 spiro atoms. The Morgan fingerprint density at radius 1 is 1.38 bits per heavy atom. The van der Waals surface area contributed by atoms with E-state index in [0.29, 0.717) is 17.9 Å². The SMILES string of the molecule is CCOc1c(F)ccc(OC)c1C. The molecule has 0 saturated heterocycles. The van der Waals surface area contributed by atoms with E-state index in [2.05, 4.69) is 0 Å². The highest BCUT2D eigenvalue weighted by Crippen LogP contribution is 2.30. The van der Waals surface area contributed by atoms with Crippen LogP contribution < -0.4 is 9.47 Å². The molecular weight excluding hydrogens is 171 g/mol. The summed E-state index contributed by atoms with van der Waals surface area (Å²) in [5.41, 5.74) is 0.698. The largest absolute Gasteiger partial charge is 0.496 e. The highest BCUT2D eigenvalue weighted by atomic mass is 19.1. The van der Waals surface area contributed by atoms with Crippen molar-refractivity contribution < 1.29 is 13.9 Å². The summed E-state index contributed by atoms with van der Waals surface area (Å²) >= 11 is 0. The van der Waals surface area contributed by atoms with Crippen molar-refractivity contribution in [3.8, 4) is 11.5 Å². The summed E-state index contributed by atoms with van der Waals surface area (Å²) in [5, 5.41) is 0. The number of benzene rings is 1. The zero-order valence-electron chi connectivity index (χ0n) is 8.06. The van der Waals surface area contributed by atoms with Crippen molar-refractivity contribution in [2.75, 3.05) is 13.7 Å². The van der Waals surface area contributed by atoms with Crippen molar-refractivity contribution in [3.05, 3.63) is 23.5 Å². The zero-order valence-corrected chi connectivity index (χ0v) is 8.06. The Balaban J connectivity index is 3.13. The van der Waals surface area contributed by atoms with Gasteiger partial charge < -0.3 is 9.47 Å². The lowest BCUT2D eigenvalue weighted by Gasteiger charge is -2.11. The van der Waals surface area contributed by atoms with E-state index in [1.165, 1.54) is 6.07 Å². The number of halogens is 1. The summed E-state index contributed by atoms with van der Waals surface area (Å²) in [6, 6.07) is 2.93. The number of hydrogen-bond donors (Lipinski definition) is 0. The minimum atomic E-state index is -0.347. The minimum absolute atomic E-state index is 0.279. The van der Waals surface area contributed by atoms with Crippen LogP contribution in [-0.4, -0.2) is 13.7 Å². The van der Waals surface area contributed by atoms with Crippen LogP contribution in [0.15, 0.2) is 12.1 Å². The predicted octanol–water partition coefficient (Wildman–Crippen LogP) is 2.54. The maximum Gasteiger partial charge on any atom is 0.165 e. The van der Waals surface area contributed by atoms with Gasteiger partial charge in [-0.05, 0) is 26.0 Å². The predicted molar refractivity (Wildman–Crippen MR) is 48.9 cm³/mol. The molecule has 0 aliphatic carbocycles. The van der Waals surface area contributed by atoms with Crippen LogP contribution in [0.25, 0.3) is 0 Å². The quantitative estimate of drug-likeness (QED) is 0.718. The Labute approximate surface area is 77.3 Å². The molecule has 0 aliphatic rings. The average Bonchev–Trinajstić information content (AvgIpc) is 2.12. The normalized spacial score (nSPS) is 9.85. The van der Waals surface area contributed by atoms with Crippen LogP contribution in [0.3, 0.4) is 0 Å². The van der Waals surface area contributed by atoms with Gasteiger partial charge in [-0.2, -0.15) is 0 Å². The van der Waals surface area contributed by atoms with Crippen molar-refractivity contribution in [1.29, 1.82) is 0 Å². The summed E-state index contributed by atoms with van der Waals surface area (Å²) in [6.45, 7) is 4.04. The molecule has 13 heavy (non-hydrogen) atoms. The molecule has 0 radical (unpaired) electrons. The first-order valence-corrected chi connectivity index (χ1v) is 4.16. The molecule has 0 aromatic heterocycles. The first-order valence-electron chi connectivity index (χ1n) is 4.16. The first-order chi connectivity index (χ1) is 6.20. The maximum atomic E-state index is 13.2. The van der Waals surface area contributed by atoms with Crippen molar-refractivity contribution in [1.82, 2.24) is 0 Å². The molecule has 72 valence electrons. The van der Waals surface area contributed by atoms with E-state index in [-0.39, 0.29) is 11.6 Å². The molecule has 0 N–H and O–H groups in total. The van der Waals surface area contributed by atoms with E-state index in [1.54, 1.807) is 20.1 Å². The highest BCUT2D eigenvalue weighted by molar-refractivity contribution is 5.44. The fourth-order valence-corrected chi connectivity index (χ4v) is 1.18. The van der Waals surface area contributed by atoms with Gasteiger partial charge in [-0.25, -0.2) is 4.39 Å². The molecule has 0 bridgehead atoms. The molecule has 1 rings (SSSR count). The van der Waals surface area contributed by atoms with E-state index >= 15 is 0 Å². The Morgan fingerprint density at radius 2 is 2.08 bits per heavy atom. The van der Waals surface area contributed by atoms with Gasteiger partial charge in [0.25, 0.3) is 0 Å². The summed E-state index contributed by atoms with van der Waals surface area (Å²) in [5.74, 6) is 0.576. The molecule has 0 heterocycles. The second kappa shape index (κ2) is 4.12. The van der Waals surface area contributed by atoms with Gasteiger partial charge in [0.1, 0.15) is 5.75 Å². The minimum Gasteiger partial charge on any atom is -0.496 e. The van der Waals surface area contributed by atoms with Crippen LogP contribution in [0.1, 0.15) is 12.5 Å². The number of rotatable bonds is 3. The number of ether oxygens (including phenoxy) is 2. The van der Waals surface area contributed by atoms with E-state index in [9.17, 15) is 4.39 Å². The molecule has 0 amide bonds. The Hall–Kier alpha value is -1.25. The third-order valence-electron chi connectivity index (χ3n) is 1.82. The second-order valence-corrected chi connectivity index (χ2v) is 2.64. The van der Waals surface area contributed by atoms with Crippen LogP contribution in [0, 0.1) is 12.7 Å². The van der Waals surface area contributed by atoms with Crippen molar-refractivity contribution in [3.63, 3.8) is 0 Å². The van der Waals surface area contributed by atoms with Crippen molar-refractivity contribution >= 4 is 0 Å². The van der Waals surface area contributed by atoms with Gasteiger partial charge in [-0.1, -0.05) is 0 Å². The molecule has 0 unspecified atom stereocenters. The topological polar surface area (TPSA) is 18.5 Å². The summed E-state index contributed by atoms with van der Waals surface area (Å²) in [6.07, 6.45) is 0. The summed E-state index contributed by atoms with van der Waals surface area (Å²) in [7, 11) is 1.55. The molecule has 0 fully saturated rings. The number of hydrogen-bond acceptors (Lipinski definition) is 2. The Bertz CT molecular complexity index is 297. The number of methoxy groups -OCH3 is 1. The van der Waals surface area contributed by atoms with Gasteiger partial charge in [-0.15, -0.1) is 0 Å². The van der Waals surface area contributed by atoms with Crippen LogP contribution in [-0.2, 0) is 0 Å². The van der Waals surface area contributed by atoms with Gasteiger partial charge in [0, 0.05) is 5.56 Å². The molecule has 0 atom stereocenters. The van der Waals surface area contributed by atoms with Crippen molar-refractivity contribution in [2.24, 2.45) is 0 Å². The van der Waals surface area contributed by atoms with E-state index in [4.69, 9.17) is 9.47 Å². The lowest BCUT2D eigenvalue weighted by atomic mass is 10.2. The summed E-state index contributed by atoms with van der Waals surface area (Å²) < 4.78 is 23.4. The molecule has 0 aliphatic heterocycles. The third-order valence-corrected chi connectivity index (χ3v) is 1.82. The van der Waals surface area contributed by atoms with Crippen LogP contribution in [0.4, 0.5) is 4.39 Å². The Morgan fingerprint density at radius 3 is 2.62 bits per heavy atom. The maximum absolute atomic E-state index is 13.2. The van der Waals surface area contributed by atoms with Crippen LogP contribution in [0.5, 0.6) is 11.5 Å². The molecule has 3 heteroatoms. The second-order valence-electron chi connectivity index (χ2n) is 2.64. The van der Waals surface area contributed by atoms with E-state index in [1.807, 2.05) is 6.92 Å². The molecular formula is C10H13FO2. The fraction of sp³-hybridized carbons (Fsp3) is 0.400. The van der Waals surface area contributed by atoms with Gasteiger partial charge in [0.2, 0.25) is 0 Å². The zero-order chi connectivity index (χ0) is 9.84. The van der Waals surface area contributed by atoms with Gasteiger partial charge in [0.15, 0.2) is 11.6 Å². The van der Waals surface area contributed by atoms with Crippen molar-refractivity contribution in [2.45, 2.75) is 13.8 Å². The molecule has 1 aromatic rings. The smallest absolute Gasteiger partial charge is 0.165 e. The Kier molecular flexibility index (Phi) is 3.12.